The second-order valence-electron chi connectivity index (χ2n) is 6.03. The second kappa shape index (κ2) is 7.51. The zero-order valence-electron chi connectivity index (χ0n) is 15.0. The fraction of sp³-hybridized carbons (Fsp3) is 0.400. The minimum Gasteiger partial charge on any atom is -0.497 e. The average Bonchev–Trinajstić information content (AvgIpc) is 2.80. The van der Waals surface area contributed by atoms with E-state index >= 15 is 0 Å². The fourth-order valence-electron chi connectivity index (χ4n) is 3.43. The lowest BCUT2D eigenvalue weighted by molar-refractivity contribution is 0.277. The lowest BCUT2D eigenvalue weighted by Crippen LogP contribution is -2.22. The summed E-state index contributed by atoms with van der Waals surface area (Å²) < 4.78 is 9.56. The fourth-order valence-corrected chi connectivity index (χ4v) is 3.43. The molecule has 0 saturated carbocycles. The SMILES string of the molecule is COC.COc1ccc(C2C(C)c3ccccc3N2C)c(C)c1. The maximum absolute atomic E-state index is 5.31. The van der Waals surface area contributed by atoms with Crippen LogP contribution < -0.4 is 9.64 Å². The summed E-state index contributed by atoms with van der Waals surface area (Å²) in [5, 5.41) is 0. The van der Waals surface area contributed by atoms with Crippen LogP contribution in [0.25, 0.3) is 0 Å². The minimum atomic E-state index is 0.401. The Kier molecular flexibility index (Phi) is 5.67. The highest BCUT2D eigenvalue weighted by Gasteiger charge is 2.34. The molecule has 1 aliphatic heterocycles. The number of aryl methyl sites for hydroxylation is 1. The van der Waals surface area contributed by atoms with Crippen molar-refractivity contribution in [2.45, 2.75) is 25.8 Å². The van der Waals surface area contributed by atoms with Crippen LogP contribution in [0.1, 0.15) is 35.6 Å². The molecule has 1 heterocycles. The van der Waals surface area contributed by atoms with Gasteiger partial charge in [0.25, 0.3) is 0 Å². The summed E-state index contributed by atoms with van der Waals surface area (Å²) in [7, 11) is 7.16. The molecule has 0 radical (unpaired) electrons. The third-order valence-electron chi connectivity index (χ3n) is 4.49. The zero-order valence-corrected chi connectivity index (χ0v) is 15.0. The van der Waals surface area contributed by atoms with Crippen molar-refractivity contribution in [3.05, 3.63) is 59.2 Å². The first kappa shape index (κ1) is 17.4. The molecule has 0 saturated heterocycles. The number of likely N-dealkylation sites (N-methyl/N-ethyl adjacent to an activating group) is 1. The van der Waals surface area contributed by atoms with E-state index in [1.165, 1.54) is 22.4 Å². The Morgan fingerprint density at radius 1 is 0.957 bits per heavy atom. The largest absolute Gasteiger partial charge is 0.497 e. The van der Waals surface area contributed by atoms with Gasteiger partial charge in [0.2, 0.25) is 0 Å². The molecule has 2 aromatic rings. The van der Waals surface area contributed by atoms with Crippen LogP contribution in [-0.2, 0) is 4.74 Å². The third kappa shape index (κ3) is 3.35. The molecule has 0 fully saturated rings. The van der Waals surface area contributed by atoms with Gasteiger partial charge in [-0.25, -0.2) is 0 Å². The summed E-state index contributed by atoms with van der Waals surface area (Å²) in [5.41, 5.74) is 5.47. The number of methoxy groups -OCH3 is 2. The Bertz CT molecular complexity index is 625. The highest BCUT2D eigenvalue weighted by molar-refractivity contribution is 5.63. The van der Waals surface area contributed by atoms with E-state index in [9.17, 15) is 0 Å². The van der Waals surface area contributed by atoms with Crippen molar-refractivity contribution >= 4 is 5.69 Å². The molecule has 0 spiro atoms. The smallest absolute Gasteiger partial charge is 0.119 e. The molecule has 2 aromatic carbocycles. The number of benzene rings is 2. The summed E-state index contributed by atoms with van der Waals surface area (Å²) in [6.45, 7) is 4.48. The van der Waals surface area contributed by atoms with Crippen LogP contribution in [0, 0.1) is 6.92 Å². The Morgan fingerprint density at radius 3 is 2.17 bits per heavy atom. The summed E-state index contributed by atoms with van der Waals surface area (Å²) in [5.74, 6) is 1.43. The second-order valence-corrected chi connectivity index (χ2v) is 6.03. The highest BCUT2D eigenvalue weighted by atomic mass is 16.5. The summed E-state index contributed by atoms with van der Waals surface area (Å²) in [6.07, 6.45) is 0. The lowest BCUT2D eigenvalue weighted by Gasteiger charge is -2.27. The van der Waals surface area contributed by atoms with Crippen molar-refractivity contribution in [3.63, 3.8) is 0 Å². The Hall–Kier alpha value is -2.00. The van der Waals surface area contributed by atoms with E-state index in [1.54, 1.807) is 21.3 Å². The number of fused-ring (bicyclic) bond motifs is 1. The van der Waals surface area contributed by atoms with Gasteiger partial charge in [0.05, 0.1) is 13.2 Å². The highest BCUT2D eigenvalue weighted by Crippen LogP contribution is 2.48. The minimum absolute atomic E-state index is 0.401. The number of hydrogen-bond donors (Lipinski definition) is 0. The molecule has 0 N–H and O–H groups in total. The molecule has 2 unspecified atom stereocenters. The van der Waals surface area contributed by atoms with Gasteiger partial charge >= 0.3 is 0 Å². The first-order valence-electron chi connectivity index (χ1n) is 7.91. The summed E-state index contributed by atoms with van der Waals surface area (Å²) in [6, 6.07) is 15.5. The van der Waals surface area contributed by atoms with Gasteiger partial charge in [-0.3, -0.25) is 0 Å². The van der Waals surface area contributed by atoms with Crippen LogP contribution in [-0.4, -0.2) is 28.4 Å². The molecule has 0 aliphatic carbocycles. The first-order chi connectivity index (χ1) is 11.0. The Balaban J connectivity index is 0.000000595. The van der Waals surface area contributed by atoms with Crippen molar-refractivity contribution < 1.29 is 9.47 Å². The monoisotopic (exact) mass is 313 g/mol. The molecule has 1 aliphatic rings. The van der Waals surface area contributed by atoms with Crippen molar-refractivity contribution in [2.75, 3.05) is 33.3 Å². The average molecular weight is 313 g/mol. The topological polar surface area (TPSA) is 21.7 Å². The molecule has 124 valence electrons. The first-order valence-corrected chi connectivity index (χ1v) is 7.91. The number of nitrogens with zero attached hydrogens (tertiary/aromatic N) is 1. The van der Waals surface area contributed by atoms with Crippen LogP contribution in [0.15, 0.2) is 42.5 Å². The standard InChI is InChI=1S/C18H21NO.C2H6O/c1-12-11-14(20-4)9-10-15(12)18-13(2)16-7-5-6-8-17(16)19(18)3;1-3-2/h5-11,13,18H,1-4H3;1-2H3. The number of ether oxygens (including phenoxy) is 2. The van der Waals surface area contributed by atoms with Crippen LogP contribution in [0.2, 0.25) is 0 Å². The number of para-hydroxylation sites is 1. The van der Waals surface area contributed by atoms with E-state index in [0.29, 0.717) is 12.0 Å². The van der Waals surface area contributed by atoms with Crippen LogP contribution >= 0.6 is 0 Å². The van der Waals surface area contributed by atoms with Gasteiger partial charge in [0.15, 0.2) is 0 Å². The van der Waals surface area contributed by atoms with Crippen LogP contribution in [0.5, 0.6) is 5.75 Å². The quantitative estimate of drug-likeness (QED) is 0.811. The van der Waals surface area contributed by atoms with Gasteiger partial charge in [0, 0.05) is 32.9 Å². The zero-order chi connectivity index (χ0) is 17.0. The third-order valence-corrected chi connectivity index (χ3v) is 4.49. The molecule has 0 amide bonds. The van der Waals surface area contributed by atoms with Gasteiger partial charge < -0.3 is 14.4 Å². The molecule has 0 bridgehead atoms. The number of anilines is 1. The maximum Gasteiger partial charge on any atom is 0.119 e. The molecular weight excluding hydrogens is 286 g/mol. The lowest BCUT2D eigenvalue weighted by atomic mass is 9.89. The van der Waals surface area contributed by atoms with Gasteiger partial charge in [-0.05, 0) is 41.8 Å². The number of rotatable bonds is 2. The summed E-state index contributed by atoms with van der Waals surface area (Å²) >= 11 is 0. The van der Waals surface area contributed by atoms with E-state index in [1.807, 2.05) is 0 Å². The van der Waals surface area contributed by atoms with E-state index in [-0.39, 0.29) is 0 Å². The van der Waals surface area contributed by atoms with Gasteiger partial charge in [-0.1, -0.05) is 31.2 Å². The van der Waals surface area contributed by atoms with E-state index in [2.05, 4.69) is 73.0 Å². The summed E-state index contributed by atoms with van der Waals surface area (Å²) in [4.78, 5) is 2.40. The molecule has 2 atom stereocenters. The van der Waals surface area contributed by atoms with E-state index in [4.69, 9.17) is 4.74 Å². The molecule has 3 rings (SSSR count). The van der Waals surface area contributed by atoms with Crippen LogP contribution in [0.3, 0.4) is 0 Å². The molecule has 3 heteroatoms. The molecule has 3 nitrogen and oxygen atoms in total. The maximum atomic E-state index is 5.31. The van der Waals surface area contributed by atoms with Gasteiger partial charge in [0.1, 0.15) is 5.75 Å². The predicted molar refractivity (Wildman–Crippen MR) is 96.7 cm³/mol. The normalized spacial score (nSPS) is 19.0. The molecule has 0 aromatic heterocycles. The van der Waals surface area contributed by atoms with E-state index in [0.717, 1.165) is 5.75 Å². The van der Waals surface area contributed by atoms with Crippen molar-refractivity contribution in [2.24, 2.45) is 0 Å². The van der Waals surface area contributed by atoms with Crippen molar-refractivity contribution in [1.82, 2.24) is 0 Å². The Morgan fingerprint density at radius 2 is 1.61 bits per heavy atom. The molecular formula is C20H27NO2. The van der Waals surface area contributed by atoms with Crippen LogP contribution in [0.4, 0.5) is 5.69 Å². The van der Waals surface area contributed by atoms with Gasteiger partial charge in [-0.15, -0.1) is 0 Å². The van der Waals surface area contributed by atoms with E-state index < -0.39 is 0 Å². The van der Waals surface area contributed by atoms with Crippen molar-refractivity contribution in [3.8, 4) is 5.75 Å². The van der Waals surface area contributed by atoms with Crippen molar-refractivity contribution in [1.29, 1.82) is 0 Å². The number of hydrogen-bond acceptors (Lipinski definition) is 3. The van der Waals surface area contributed by atoms with Gasteiger partial charge in [-0.2, -0.15) is 0 Å². The Labute approximate surface area is 139 Å². The molecule has 23 heavy (non-hydrogen) atoms. The predicted octanol–water partition coefficient (Wildman–Crippen LogP) is 4.56.